The molecular formula is C19H23N3O5. The summed E-state index contributed by atoms with van der Waals surface area (Å²) in [6.45, 7) is 1.26. The Morgan fingerprint density at radius 2 is 1.56 bits per heavy atom. The summed E-state index contributed by atoms with van der Waals surface area (Å²) in [7, 11) is 3.17. The second kappa shape index (κ2) is 9.91. The Kier molecular flexibility index (Phi) is 7.30. The molecule has 0 unspecified atom stereocenters. The van der Waals surface area contributed by atoms with Crippen LogP contribution in [0.15, 0.2) is 42.5 Å². The zero-order valence-electron chi connectivity index (χ0n) is 15.2. The number of carboxylic acids is 1. The minimum Gasteiger partial charge on any atom is -0.497 e. The number of ether oxygens (including phenoxy) is 2. The van der Waals surface area contributed by atoms with E-state index in [0.717, 1.165) is 11.3 Å². The van der Waals surface area contributed by atoms with Crippen LogP contribution in [0.3, 0.4) is 0 Å². The lowest BCUT2D eigenvalue weighted by Gasteiger charge is -2.12. The number of benzene rings is 2. The molecule has 144 valence electrons. The fraction of sp³-hybridized carbons (Fsp3) is 0.263. The highest BCUT2D eigenvalue weighted by Crippen LogP contribution is 2.25. The van der Waals surface area contributed by atoms with E-state index in [1.54, 1.807) is 32.4 Å². The number of urea groups is 1. The number of hydrogen-bond acceptors (Lipinski definition) is 5. The van der Waals surface area contributed by atoms with Crippen LogP contribution in [0.5, 0.6) is 11.5 Å². The van der Waals surface area contributed by atoms with Gasteiger partial charge < -0.3 is 30.5 Å². The molecule has 0 aliphatic rings. The van der Waals surface area contributed by atoms with E-state index in [2.05, 4.69) is 16.0 Å². The van der Waals surface area contributed by atoms with Crippen LogP contribution < -0.4 is 25.4 Å². The summed E-state index contributed by atoms with van der Waals surface area (Å²) in [4.78, 5) is 22.6. The van der Waals surface area contributed by atoms with Gasteiger partial charge in [0.15, 0.2) is 0 Å². The molecule has 2 aromatic rings. The zero-order valence-corrected chi connectivity index (χ0v) is 15.2. The quantitative estimate of drug-likeness (QED) is 0.502. The Morgan fingerprint density at radius 3 is 2.11 bits per heavy atom. The van der Waals surface area contributed by atoms with Gasteiger partial charge in [-0.2, -0.15) is 0 Å². The summed E-state index contributed by atoms with van der Waals surface area (Å²) in [5.74, 6) is 0.376. The molecule has 0 aliphatic heterocycles. The van der Waals surface area contributed by atoms with Gasteiger partial charge in [0.1, 0.15) is 11.5 Å². The second-order valence-electron chi connectivity index (χ2n) is 5.64. The summed E-state index contributed by atoms with van der Waals surface area (Å²) < 4.78 is 10.4. The van der Waals surface area contributed by atoms with E-state index in [9.17, 15) is 9.59 Å². The maximum Gasteiger partial charge on any atom is 0.335 e. The van der Waals surface area contributed by atoms with Crippen molar-refractivity contribution in [3.63, 3.8) is 0 Å². The van der Waals surface area contributed by atoms with E-state index in [0.29, 0.717) is 31.1 Å². The van der Waals surface area contributed by atoms with Gasteiger partial charge in [-0.25, -0.2) is 9.59 Å². The maximum atomic E-state index is 11.8. The molecule has 0 bridgehead atoms. The summed E-state index contributed by atoms with van der Waals surface area (Å²) in [6.07, 6.45) is 0. The third-order valence-corrected chi connectivity index (χ3v) is 3.75. The Bertz CT molecular complexity index is 755. The highest BCUT2D eigenvalue weighted by Gasteiger charge is 2.04. The van der Waals surface area contributed by atoms with Crippen molar-refractivity contribution in [1.29, 1.82) is 0 Å². The van der Waals surface area contributed by atoms with E-state index in [1.165, 1.54) is 12.1 Å². The Balaban J connectivity index is 1.71. The molecule has 0 atom stereocenters. The van der Waals surface area contributed by atoms with Crippen LogP contribution in [0.4, 0.5) is 10.5 Å². The molecule has 0 spiro atoms. The number of amides is 2. The maximum absolute atomic E-state index is 11.8. The number of carbonyl (C=O) groups is 2. The number of methoxy groups -OCH3 is 2. The summed E-state index contributed by atoms with van der Waals surface area (Å²) >= 11 is 0. The van der Waals surface area contributed by atoms with Gasteiger partial charge in [-0.15, -0.1) is 0 Å². The van der Waals surface area contributed by atoms with Crippen molar-refractivity contribution in [2.45, 2.75) is 6.54 Å². The average molecular weight is 373 g/mol. The summed E-state index contributed by atoms with van der Waals surface area (Å²) in [5.41, 5.74) is 1.85. The molecule has 0 radical (unpaired) electrons. The molecule has 4 N–H and O–H groups in total. The molecule has 0 fully saturated rings. The Morgan fingerprint density at radius 1 is 0.926 bits per heavy atom. The predicted molar refractivity (Wildman–Crippen MR) is 102 cm³/mol. The highest BCUT2D eigenvalue weighted by molar-refractivity contribution is 5.87. The van der Waals surface area contributed by atoms with E-state index in [4.69, 9.17) is 14.6 Å². The van der Waals surface area contributed by atoms with Crippen LogP contribution in [0.25, 0.3) is 0 Å². The third-order valence-electron chi connectivity index (χ3n) is 3.75. The number of hydrogen-bond donors (Lipinski definition) is 4. The molecule has 2 rings (SSSR count). The van der Waals surface area contributed by atoms with Crippen LogP contribution in [-0.4, -0.2) is 44.4 Å². The minimum atomic E-state index is -0.978. The van der Waals surface area contributed by atoms with Crippen LogP contribution in [-0.2, 0) is 6.54 Å². The first-order chi connectivity index (χ1) is 13.0. The van der Waals surface area contributed by atoms with Crippen molar-refractivity contribution in [3.8, 4) is 11.5 Å². The first kappa shape index (κ1) is 19.9. The first-order valence-electron chi connectivity index (χ1n) is 8.32. The fourth-order valence-electron chi connectivity index (χ4n) is 2.30. The lowest BCUT2D eigenvalue weighted by atomic mass is 10.1. The van der Waals surface area contributed by atoms with Gasteiger partial charge in [0.05, 0.1) is 19.8 Å². The van der Waals surface area contributed by atoms with Crippen molar-refractivity contribution in [2.75, 3.05) is 32.6 Å². The van der Waals surface area contributed by atoms with Gasteiger partial charge >= 0.3 is 12.0 Å². The Hall–Kier alpha value is -3.42. The van der Waals surface area contributed by atoms with E-state index in [1.807, 2.05) is 12.1 Å². The van der Waals surface area contributed by atoms with Gasteiger partial charge in [-0.05, 0) is 17.7 Å². The molecule has 2 amide bonds. The topological polar surface area (TPSA) is 109 Å². The van der Waals surface area contributed by atoms with E-state index in [-0.39, 0.29) is 11.6 Å². The first-order valence-corrected chi connectivity index (χ1v) is 8.32. The number of carboxylic acid groups (broad SMARTS) is 1. The molecule has 27 heavy (non-hydrogen) atoms. The average Bonchev–Trinajstić information content (AvgIpc) is 2.69. The molecular weight excluding hydrogens is 350 g/mol. The highest BCUT2D eigenvalue weighted by atomic mass is 16.5. The molecule has 0 saturated heterocycles. The minimum absolute atomic E-state index is 0.212. The van der Waals surface area contributed by atoms with Gasteiger partial charge in [0, 0.05) is 43.5 Å². The summed E-state index contributed by atoms with van der Waals surface area (Å²) in [6, 6.07) is 11.5. The smallest absolute Gasteiger partial charge is 0.335 e. The van der Waals surface area contributed by atoms with Crippen LogP contribution in [0.2, 0.25) is 0 Å². The van der Waals surface area contributed by atoms with Crippen molar-refractivity contribution in [2.24, 2.45) is 0 Å². The van der Waals surface area contributed by atoms with Crippen LogP contribution in [0.1, 0.15) is 15.9 Å². The van der Waals surface area contributed by atoms with Crippen LogP contribution >= 0.6 is 0 Å². The number of rotatable bonds is 9. The number of aromatic carboxylic acids is 1. The molecule has 0 heterocycles. The fourth-order valence-corrected chi connectivity index (χ4v) is 2.30. The van der Waals surface area contributed by atoms with Crippen molar-refractivity contribution < 1.29 is 24.2 Å². The number of nitrogens with one attached hydrogen (secondary N) is 3. The lowest BCUT2D eigenvalue weighted by molar-refractivity contribution is 0.0697. The molecule has 8 heteroatoms. The zero-order chi connectivity index (χ0) is 19.6. The largest absolute Gasteiger partial charge is 0.497 e. The normalized spacial score (nSPS) is 10.0. The second-order valence-corrected chi connectivity index (χ2v) is 5.64. The third kappa shape index (κ3) is 6.43. The predicted octanol–water partition coefficient (Wildman–Crippen LogP) is 2.31. The SMILES string of the molecule is COc1cc(NCCNC(=O)NCc2ccc(C(=O)O)cc2)cc(OC)c1. The lowest BCUT2D eigenvalue weighted by Crippen LogP contribution is -2.37. The van der Waals surface area contributed by atoms with Gasteiger partial charge in [0.2, 0.25) is 0 Å². The van der Waals surface area contributed by atoms with Crippen molar-refractivity contribution >= 4 is 17.7 Å². The molecule has 2 aromatic carbocycles. The monoisotopic (exact) mass is 373 g/mol. The molecule has 0 aromatic heterocycles. The number of anilines is 1. The molecule has 0 saturated carbocycles. The van der Waals surface area contributed by atoms with Gasteiger partial charge in [0.25, 0.3) is 0 Å². The number of carbonyl (C=O) groups excluding carboxylic acids is 1. The molecule has 0 aliphatic carbocycles. The van der Waals surface area contributed by atoms with Crippen molar-refractivity contribution in [3.05, 3.63) is 53.6 Å². The van der Waals surface area contributed by atoms with Crippen LogP contribution in [0, 0.1) is 0 Å². The van der Waals surface area contributed by atoms with E-state index >= 15 is 0 Å². The standard InChI is InChI=1S/C19H23N3O5/c1-26-16-9-15(10-17(11-16)27-2)20-7-8-21-19(25)22-12-13-3-5-14(6-4-13)18(23)24/h3-6,9-11,20H,7-8,12H2,1-2H3,(H,23,24)(H2,21,22,25). The summed E-state index contributed by atoms with van der Waals surface area (Å²) in [5, 5.41) is 17.5. The van der Waals surface area contributed by atoms with Crippen molar-refractivity contribution in [1.82, 2.24) is 10.6 Å². The molecule has 8 nitrogen and oxygen atoms in total. The van der Waals surface area contributed by atoms with Gasteiger partial charge in [-0.1, -0.05) is 12.1 Å². The van der Waals surface area contributed by atoms with E-state index < -0.39 is 5.97 Å². The van der Waals surface area contributed by atoms with Gasteiger partial charge in [-0.3, -0.25) is 0 Å². The Labute approximate surface area is 157 Å².